The Balaban J connectivity index is 1.98. The van der Waals surface area contributed by atoms with Crippen molar-refractivity contribution in [1.29, 1.82) is 0 Å². The molecule has 0 aromatic heterocycles. The van der Waals surface area contributed by atoms with Crippen LogP contribution in [0.2, 0.25) is 0 Å². The van der Waals surface area contributed by atoms with Crippen LogP contribution in [0.25, 0.3) is 0 Å². The molecule has 0 aliphatic carbocycles. The first-order valence-corrected chi connectivity index (χ1v) is 9.36. The summed E-state index contributed by atoms with van der Waals surface area (Å²) in [4.78, 5) is 38.6. The summed E-state index contributed by atoms with van der Waals surface area (Å²) < 4.78 is 31.7. The monoisotopic (exact) mass is 396 g/mol. The Hall–Kier alpha value is -2.51. The van der Waals surface area contributed by atoms with Crippen molar-refractivity contribution in [3.63, 3.8) is 0 Å². The zero-order valence-corrected chi connectivity index (χ0v) is 16.4. The number of carbonyl (C=O) groups is 3. The van der Waals surface area contributed by atoms with Gasteiger partial charge in [-0.15, -0.1) is 0 Å². The zero-order chi connectivity index (χ0) is 20.9. The summed E-state index contributed by atoms with van der Waals surface area (Å²) in [6, 6.07) is 2.84. The summed E-state index contributed by atoms with van der Waals surface area (Å²) in [5, 5.41) is 2.79. The van der Waals surface area contributed by atoms with E-state index in [0.29, 0.717) is 31.7 Å². The third-order valence-electron chi connectivity index (χ3n) is 5.10. The Bertz CT molecular complexity index is 748. The molecule has 8 heteroatoms. The van der Waals surface area contributed by atoms with Crippen molar-refractivity contribution < 1.29 is 27.9 Å². The molecule has 0 spiro atoms. The molecule has 1 unspecified atom stereocenters. The van der Waals surface area contributed by atoms with Crippen molar-refractivity contribution in [1.82, 2.24) is 10.2 Å². The fourth-order valence-corrected chi connectivity index (χ4v) is 3.49. The molecule has 1 fully saturated rings. The van der Waals surface area contributed by atoms with Gasteiger partial charge in [0.25, 0.3) is 5.91 Å². The highest BCUT2D eigenvalue weighted by molar-refractivity contribution is 5.95. The summed E-state index contributed by atoms with van der Waals surface area (Å²) in [7, 11) is 1.28. The van der Waals surface area contributed by atoms with Gasteiger partial charge in [0.15, 0.2) is 0 Å². The van der Waals surface area contributed by atoms with E-state index in [9.17, 15) is 23.2 Å². The minimum Gasteiger partial charge on any atom is -0.467 e. The fraction of sp³-hybridized carbons (Fsp3) is 0.550. The maximum Gasteiger partial charge on any atom is 0.331 e. The number of amides is 2. The number of ether oxygens (including phenoxy) is 1. The lowest BCUT2D eigenvalue weighted by Gasteiger charge is -2.34. The van der Waals surface area contributed by atoms with Crippen LogP contribution >= 0.6 is 0 Å². The van der Waals surface area contributed by atoms with Crippen molar-refractivity contribution in [3.8, 4) is 0 Å². The average molecular weight is 396 g/mol. The molecule has 1 aliphatic rings. The molecule has 0 radical (unpaired) electrons. The van der Waals surface area contributed by atoms with Gasteiger partial charge in [0.2, 0.25) is 5.91 Å². The quantitative estimate of drug-likeness (QED) is 0.750. The SMILES string of the molecule is CCCC(C)(NC(=O)C1CCN(C(=O)c2ccc(F)cc2F)CC1)C(=O)OC. The molecule has 28 heavy (non-hydrogen) atoms. The molecule has 1 N–H and O–H groups in total. The van der Waals surface area contributed by atoms with Crippen LogP contribution < -0.4 is 5.32 Å². The third kappa shape index (κ3) is 4.85. The summed E-state index contributed by atoms with van der Waals surface area (Å²) in [5.74, 6) is -3.29. The number of methoxy groups -OCH3 is 1. The van der Waals surface area contributed by atoms with Gasteiger partial charge in [-0.25, -0.2) is 13.6 Å². The van der Waals surface area contributed by atoms with E-state index in [4.69, 9.17) is 4.74 Å². The van der Waals surface area contributed by atoms with Crippen LogP contribution in [0.5, 0.6) is 0 Å². The Morgan fingerprint density at radius 2 is 1.89 bits per heavy atom. The van der Waals surface area contributed by atoms with E-state index >= 15 is 0 Å². The molecule has 2 amide bonds. The van der Waals surface area contributed by atoms with Crippen molar-refractivity contribution in [3.05, 3.63) is 35.4 Å². The first-order chi connectivity index (χ1) is 13.2. The van der Waals surface area contributed by atoms with Gasteiger partial charge >= 0.3 is 5.97 Å². The lowest BCUT2D eigenvalue weighted by atomic mass is 9.91. The Kier molecular flexibility index (Phi) is 7.10. The van der Waals surface area contributed by atoms with Crippen LogP contribution in [0, 0.1) is 17.6 Å². The molecule has 1 aliphatic heterocycles. The van der Waals surface area contributed by atoms with Gasteiger partial charge < -0.3 is 15.0 Å². The number of carbonyl (C=O) groups excluding carboxylic acids is 3. The lowest BCUT2D eigenvalue weighted by molar-refractivity contribution is -0.151. The largest absolute Gasteiger partial charge is 0.467 e. The van der Waals surface area contributed by atoms with Crippen molar-refractivity contribution >= 4 is 17.8 Å². The average Bonchev–Trinajstić information content (AvgIpc) is 2.67. The summed E-state index contributed by atoms with van der Waals surface area (Å²) >= 11 is 0. The van der Waals surface area contributed by atoms with E-state index in [2.05, 4.69) is 5.32 Å². The molecule has 1 aromatic carbocycles. The van der Waals surface area contributed by atoms with Crippen LogP contribution in [0.15, 0.2) is 18.2 Å². The van der Waals surface area contributed by atoms with Crippen molar-refractivity contribution in [2.45, 2.75) is 45.1 Å². The number of benzene rings is 1. The Labute approximate surface area is 163 Å². The van der Waals surface area contributed by atoms with Crippen molar-refractivity contribution in [2.75, 3.05) is 20.2 Å². The highest BCUT2D eigenvalue weighted by Crippen LogP contribution is 2.23. The highest BCUT2D eigenvalue weighted by Gasteiger charge is 2.38. The third-order valence-corrected chi connectivity index (χ3v) is 5.10. The second kappa shape index (κ2) is 9.12. The zero-order valence-electron chi connectivity index (χ0n) is 16.4. The molecule has 0 saturated carbocycles. The van der Waals surface area contributed by atoms with Crippen LogP contribution in [0.4, 0.5) is 8.78 Å². The molecule has 1 heterocycles. The molecule has 2 rings (SSSR count). The number of esters is 1. The lowest BCUT2D eigenvalue weighted by Crippen LogP contribution is -2.55. The highest BCUT2D eigenvalue weighted by atomic mass is 19.1. The topological polar surface area (TPSA) is 75.7 Å². The first kappa shape index (κ1) is 21.8. The van der Waals surface area contributed by atoms with E-state index in [0.717, 1.165) is 12.1 Å². The fourth-order valence-electron chi connectivity index (χ4n) is 3.49. The predicted octanol–water partition coefficient (Wildman–Crippen LogP) is 2.67. The van der Waals surface area contributed by atoms with Gasteiger partial charge in [0.05, 0.1) is 12.7 Å². The number of nitrogens with zero attached hydrogens (tertiary/aromatic N) is 1. The summed E-state index contributed by atoms with van der Waals surface area (Å²) in [6.07, 6.45) is 1.93. The van der Waals surface area contributed by atoms with Gasteiger partial charge in [-0.2, -0.15) is 0 Å². The van der Waals surface area contributed by atoms with E-state index in [1.165, 1.54) is 12.0 Å². The van der Waals surface area contributed by atoms with Crippen LogP contribution in [0.1, 0.15) is 49.9 Å². The number of nitrogens with one attached hydrogen (secondary N) is 1. The van der Waals surface area contributed by atoms with E-state index in [-0.39, 0.29) is 30.5 Å². The summed E-state index contributed by atoms with van der Waals surface area (Å²) in [6.45, 7) is 4.09. The minimum absolute atomic E-state index is 0.189. The predicted molar refractivity (Wildman–Crippen MR) is 98.5 cm³/mol. The molecular formula is C20H26F2N2O4. The number of hydrogen-bond donors (Lipinski definition) is 1. The van der Waals surface area contributed by atoms with Gasteiger partial charge in [0, 0.05) is 25.1 Å². The van der Waals surface area contributed by atoms with Crippen molar-refractivity contribution in [2.24, 2.45) is 5.92 Å². The number of hydrogen-bond acceptors (Lipinski definition) is 4. The van der Waals surface area contributed by atoms with E-state index < -0.39 is 29.0 Å². The van der Waals surface area contributed by atoms with Gasteiger partial charge in [-0.05, 0) is 38.3 Å². The summed E-state index contributed by atoms with van der Waals surface area (Å²) in [5.41, 5.74) is -1.28. The van der Waals surface area contributed by atoms with E-state index in [1.807, 2.05) is 6.92 Å². The molecule has 1 atom stereocenters. The number of rotatable bonds is 6. The maximum absolute atomic E-state index is 13.8. The number of likely N-dealkylation sites (tertiary alicyclic amines) is 1. The van der Waals surface area contributed by atoms with Gasteiger partial charge in [0.1, 0.15) is 17.2 Å². The molecule has 0 bridgehead atoms. The molecule has 1 saturated heterocycles. The Morgan fingerprint density at radius 1 is 1.25 bits per heavy atom. The smallest absolute Gasteiger partial charge is 0.331 e. The molecule has 154 valence electrons. The standard InChI is InChI=1S/C20H26F2N2O4/c1-4-9-20(2,19(27)28-3)23-17(25)13-7-10-24(11-8-13)18(26)15-6-5-14(21)12-16(15)22/h5-6,12-13H,4,7-11H2,1-3H3,(H,23,25). The van der Waals surface area contributed by atoms with Gasteiger partial charge in [-0.1, -0.05) is 13.3 Å². The number of halogens is 2. The minimum atomic E-state index is -1.09. The van der Waals surface area contributed by atoms with E-state index in [1.54, 1.807) is 6.92 Å². The maximum atomic E-state index is 13.8. The van der Waals surface area contributed by atoms with Crippen LogP contribution in [-0.2, 0) is 14.3 Å². The second-order valence-electron chi connectivity index (χ2n) is 7.25. The first-order valence-electron chi connectivity index (χ1n) is 9.36. The molecule has 6 nitrogen and oxygen atoms in total. The second-order valence-corrected chi connectivity index (χ2v) is 7.25. The molecule has 1 aromatic rings. The van der Waals surface area contributed by atoms with Crippen LogP contribution in [0.3, 0.4) is 0 Å². The Morgan fingerprint density at radius 3 is 2.43 bits per heavy atom. The number of piperidine rings is 1. The van der Waals surface area contributed by atoms with Crippen LogP contribution in [-0.4, -0.2) is 48.4 Å². The normalized spacial score (nSPS) is 17.0. The molecular weight excluding hydrogens is 370 g/mol. The van der Waals surface area contributed by atoms with Gasteiger partial charge in [-0.3, -0.25) is 9.59 Å².